The average Bonchev–Trinajstić information content (AvgIpc) is 2.18. The zero-order chi connectivity index (χ0) is 9.68. The molecule has 76 valence electrons. The van der Waals surface area contributed by atoms with E-state index in [1.54, 1.807) is 7.11 Å². The lowest BCUT2D eigenvalue weighted by atomic mass is 9.86. The molecule has 2 heteroatoms. The Labute approximate surface area is 80.0 Å². The maximum absolute atomic E-state index is 12.2. The summed E-state index contributed by atoms with van der Waals surface area (Å²) >= 11 is 0. The molecule has 0 aromatic heterocycles. The summed E-state index contributed by atoms with van der Waals surface area (Å²) in [5.41, 5.74) is 0.863. The first-order valence-electron chi connectivity index (χ1n) is 5.02. The van der Waals surface area contributed by atoms with Crippen LogP contribution in [0.25, 0.3) is 0 Å². The quantitative estimate of drug-likeness (QED) is 0.615. The van der Waals surface area contributed by atoms with E-state index in [1.165, 1.54) is 12.8 Å². The smallest absolute Gasteiger partial charge is 0.110 e. The number of allylic oxidation sites excluding steroid dienone is 2. The van der Waals surface area contributed by atoms with Crippen LogP contribution in [-0.2, 0) is 4.74 Å². The number of alkyl halides is 1. The van der Waals surface area contributed by atoms with Gasteiger partial charge in [0.2, 0.25) is 0 Å². The van der Waals surface area contributed by atoms with E-state index in [9.17, 15) is 4.39 Å². The molecule has 0 radical (unpaired) electrons. The molecule has 1 rings (SSSR count). The molecule has 0 saturated heterocycles. The second-order valence-corrected chi connectivity index (χ2v) is 3.93. The molecule has 0 spiro atoms. The summed E-state index contributed by atoms with van der Waals surface area (Å²) in [6.45, 7) is 1.55. The normalized spacial score (nSPS) is 30.5. The van der Waals surface area contributed by atoms with E-state index in [1.807, 2.05) is 6.92 Å². The van der Waals surface area contributed by atoms with Crippen molar-refractivity contribution >= 4 is 0 Å². The van der Waals surface area contributed by atoms with Crippen molar-refractivity contribution in [2.75, 3.05) is 13.8 Å². The third-order valence-corrected chi connectivity index (χ3v) is 2.73. The standard InChI is InChI=1S/C11H19FO/c1-9(8-12)6-10-4-3-5-11(7-10)13-2/h6,10-11H,3-5,7-8H2,1-2H3/b9-6+/t10-,11-/m0/s1. The molecule has 0 amide bonds. The van der Waals surface area contributed by atoms with Gasteiger partial charge in [-0.2, -0.15) is 0 Å². The van der Waals surface area contributed by atoms with Crippen LogP contribution >= 0.6 is 0 Å². The van der Waals surface area contributed by atoms with E-state index in [4.69, 9.17) is 4.74 Å². The van der Waals surface area contributed by atoms with Gasteiger partial charge >= 0.3 is 0 Å². The van der Waals surface area contributed by atoms with Crippen LogP contribution in [0.1, 0.15) is 32.6 Å². The predicted molar refractivity (Wildman–Crippen MR) is 52.5 cm³/mol. The van der Waals surface area contributed by atoms with Gasteiger partial charge in [0.25, 0.3) is 0 Å². The number of hydrogen-bond acceptors (Lipinski definition) is 1. The van der Waals surface area contributed by atoms with E-state index < -0.39 is 0 Å². The van der Waals surface area contributed by atoms with Crippen LogP contribution in [0.5, 0.6) is 0 Å². The Bertz CT molecular complexity index is 177. The number of methoxy groups -OCH3 is 1. The first-order chi connectivity index (χ1) is 6.26. The highest BCUT2D eigenvalue weighted by atomic mass is 19.1. The van der Waals surface area contributed by atoms with Crippen LogP contribution < -0.4 is 0 Å². The minimum absolute atomic E-state index is 0.311. The van der Waals surface area contributed by atoms with E-state index in [-0.39, 0.29) is 6.67 Å². The Morgan fingerprint density at radius 2 is 2.31 bits per heavy atom. The van der Waals surface area contributed by atoms with Crippen LogP contribution in [0, 0.1) is 5.92 Å². The first-order valence-corrected chi connectivity index (χ1v) is 5.02. The van der Waals surface area contributed by atoms with E-state index >= 15 is 0 Å². The van der Waals surface area contributed by atoms with Gasteiger partial charge in [0, 0.05) is 7.11 Å². The van der Waals surface area contributed by atoms with Crippen LogP contribution in [0.3, 0.4) is 0 Å². The van der Waals surface area contributed by atoms with Crippen molar-refractivity contribution in [3.8, 4) is 0 Å². The lowest BCUT2D eigenvalue weighted by molar-refractivity contribution is 0.0588. The number of ether oxygens (including phenoxy) is 1. The molecule has 1 aliphatic rings. The summed E-state index contributed by atoms with van der Waals surface area (Å²) in [7, 11) is 1.76. The van der Waals surface area contributed by atoms with Gasteiger partial charge in [-0.15, -0.1) is 0 Å². The Balaban J connectivity index is 2.42. The minimum atomic E-state index is -0.311. The molecule has 0 N–H and O–H groups in total. The molecule has 0 bridgehead atoms. The molecule has 0 heterocycles. The predicted octanol–water partition coefficient (Wildman–Crippen LogP) is 3.11. The minimum Gasteiger partial charge on any atom is -0.381 e. The molecular formula is C11H19FO. The van der Waals surface area contributed by atoms with Crippen molar-refractivity contribution in [1.29, 1.82) is 0 Å². The summed E-state index contributed by atoms with van der Waals surface area (Å²) in [5.74, 6) is 0.537. The molecule has 0 aliphatic heterocycles. The number of rotatable bonds is 3. The van der Waals surface area contributed by atoms with Crippen molar-refractivity contribution in [1.82, 2.24) is 0 Å². The highest BCUT2D eigenvalue weighted by Crippen LogP contribution is 2.27. The molecule has 2 atom stereocenters. The maximum Gasteiger partial charge on any atom is 0.110 e. The highest BCUT2D eigenvalue weighted by Gasteiger charge is 2.19. The summed E-state index contributed by atoms with van der Waals surface area (Å²) in [6.07, 6.45) is 7.09. The summed E-state index contributed by atoms with van der Waals surface area (Å²) in [6, 6.07) is 0. The molecule has 0 unspecified atom stereocenters. The Hall–Kier alpha value is -0.370. The third kappa shape index (κ3) is 3.47. The summed E-state index contributed by atoms with van der Waals surface area (Å²) in [4.78, 5) is 0. The van der Waals surface area contributed by atoms with Crippen molar-refractivity contribution in [2.24, 2.45) is 5.92 Å². The Morgan fingerprint density at radius 1 is 1.54 bits per heavy atom. The molecule has 1 saturated carbocycles. The molecule has 0 aromatic rings. The largest absolute Gasteiger partial charge is 0.381 e. The summed E-state index contributed by atoms with van der Waals surface area (Å²) in [5, 5.41) is 0. The summed E-state index contributed by atoms with van der Waals surface area (Å²) < 4.78 is 17.5. The van der Waals surface area contributed by atoms with E-state index in [2.05, 4.69) is 6.08 Å². The van der Waals surface area contributed by atoms with Gasteiger partial charge < -0.3 is 4.74 Å². The van der Waals surface area contributed by atoms with Crippen molar-refractivity contribution < 1.29 is 9.13 Å². The molecule has 13 heavy (non-hydrogen) atoms. The SMILES string of the molecule is CO[C@H]1CCC[C@@H](/C=C(\C)CF)C1. The Morgan fingerprint density at radius 3 is 2.92 bits per heavy atom. The van der Waals surface area contributed by atoms with Crippen LogP contribution in [0.15, 0.2) is 11.6 Å². The highest BCUT2D eigenvalue weighted by molar-refractivity contribution is 5.02. The van der Waals surface area contributed by atoms with Gasteiger partial charge in [-0.05, 0) is 37.7 Å². The topological polar surface area (TPSA) is 9.23 Å². The lowest BCUT2D eigenvalue weighted by Crippen LogP contribution is -2.20. The van der Waals surface area contributed by atoms with Gasteiger partial charge in [-0.25, -0.2) is 4.39 Å². The second kappa shape index (κ2) is 5.38. The van der Waals surface area contributed by atoms with Crippen molar-refractivity contribution in [2.45, 2.75) is 38.7 Å². The van der Waals surface area contributed by atoms with Gasteiger partial charge in [0.1, 0.15) is 6.67 Å². The fourth-order valence-electron chi connectivity index (χ4n) is 1.99. The maximum atomic E-state index is 12.2. The fourth-order valence-corrected chi connectivity index (χ4v) is 1.99. The van der Waals surface area contributed by atoms with Crippen molar-refractivity contribution in [3.63, 3.8) is 0 Å². The lowest BCUT2D eigenvalue weighted by Gasteiger charge is -2.26. The van der Waals surface area contributed by atoms with Crippen molar-refractivity contribution in [3.05, 3.63) is 11.6 Å². The zero-order valence-corrected chi connectivity index (χ0v) is 8.55. The molecular weight excluding hydrogens is 167 g/mol. The van der Waals surface area contributed by atoms with Crippen LogP contribution in [0.4, 0.5) is 4.39 Å². The average molecular weight is 186 g/mol. The second-order valence-electron chi connectivity index (χ2n) is 3.93. The van der Waals surface area contributed by atoms with E-state index in [0.29, 0.717) is 12.0 Å². The van der Waals surface area contributed by atoms with Gasteiger partial charge in [-0.3, -0.25) is 0 Å². The molecule has 0 aromatic carbocycles. The fraction of sp³-hybridized carbons (Fsp3) is 0.818. The number of hydrogen-bond donors (Lipinski definition) is 0. The molecule has 1 nitrogen and oxygen atoms in total. The monoisotopic (exact) mass is 186 g/mol. The zero-order valence-electron chi connectivity index (χ0n) is 8.55. The van der Waals surface area contributed by atoms with Gasteiger partial charge in [0.15, 0.2) is 0 Å². The third-order valence-electron chi connectivity index (χ3n) is 2.73. The van der Waals surface area contributed by atoms with Crippen LogP contribution in [-0.4, -0.2) is 19.9 Å². The Kier molecular flexibility index (Phi) is 4.43. The van der Waals surface area contributed by atoms with E-state index in [0.717, 1.165) is 18.4 Å². The van der Waals surface area contributed by atoms with Gasteiger partial charge in [0.05, 0.1) is 6.10 Å². The van der Waals surface area contributed by atoms with Crippen LogP contribution in [0.2, 0.25) is 0 Å². The number of halogens is 1. The van der Waals surface area contributed by atoms with Gasteiger partial charge in [-0.1, -0.05) is 12.5 Å². The molecule has 1 fully saturated rings. The molecule has 1 aliphatic carbocycles. The first kappa shape index (κ1) is 10.7.